The predicted octanol–water partition coefficient (Wildman–Crippen LogP) is 3.04. The summed E-state index contributed by atoms with van der Waals surface area (Å²) >= 11 is 0. The smallest absolute Gasteiger partial charge is 0.236 e. The largest absolute Gasteiger partial charge is 0.489 e. The van der Waals surface area contributed by atoms with Crippen LogP contribution >= 0.6 is 0 Å². The Hall–Kier alpha value is -2.90. The van der Waals surface area contributed by atoms with E-state index < -0.39 is 0 Å². The maximum Gasteiger partial charge on any atom is 0.236 e. The minimum atomic E-state index is 0.145. The number of piperazine rings is 2. The van der Waals surface area contributed by atoms with Crippen molar-refractivity contribution in [1.82, 2.24) is 19.6 Å². The van der Waals surface area contributed by atoms with E-state index in [1.165, 1.54) is 25.7 Å². The lowest BCUT2D eigenvalue weighted by Crippen LogP contribution is -2.55. The first-order valence-corrected chi connectivity index (χ1v) is 13.9. The molecule has 7 heteroatoms. The highest BCUT2D eigenvalue weighted by Gasteiger charge is 2.29. The van der Waals surface area contributed by atoms with Crippen LogP contribution in [0.3, 0.4) is 0 Å². The van der Waals surface area contributed by atoms with Crippen molar-refractivity contribution in [2.75, 3.05) is 58.9 Å². The van der Waals surface area contributed by atoms with Gasteiger partial charge in [-0.2, -0.15) is 0 Å². The molecule has 0 radical (unpaired) electrons. The highest BCUT2D eigenvalue weighted by atomic mass is 16.5. The fraction of sp³-hybridized carbons (Fsp3) is 0.533. The van der Waals surface area contributed by atoms with E-state index >= 15 is 0 Å². The van der Waals surface area contributed by atoms with E-state index in [0.717, 1.165) is 62.2 Å². The number of carbonyl (C=O) groups excluding carboxylic acids is 2. The number of benzene rings is 2. The van der Waals surface area contributed by atoms with Crippen LogP contribution in [-0.4, -0.2) is 96.4 Å². The maximum absolute atomic E-state index is 12.9. The summed E-state index contributed by atoms with van der Waals surface area (Å²) < 4.78 is 5.85. The second-order valence-corrected chi connectivity index (χ2v) is 10.6. The van der Waals surface area contributed by atoms with Gasteiger partial charge in [0.2, 0.25) is 11.8 Å². The molecule has 3 fully saturated rings. The van der Waals surface area contributed by atoms with Crippen molar-refractivity contribution in [3.63, 3.8) is 0 Å². The quantitative estimate of drug-likeness (QED) is 0.553. The number of hydrogen-bond acceptors (Lipinski definition) is 5. The number of ether oxygens (including phenoxy) is 1. The Bertz CT molecular complexity index is 1010. The summed E-state index contributed by atoms with van der Waals surface area (Å²) in [7, 11) is 0. The van der Waals surface area contributed by atoms with E-state index in [4.69, 9.17) is 4.74 Å². The molecule has 0 bridgehead atoms. The minimum absolute atomic E-state index is 0.145. The second-order valence-electron chi connectivity index (χ2n) is 10.6. The van der Waals surface area contributed by atoms with Gasteiger partial charge in [0.1, 0.15) is 12.4 Å². The van der Waals surface area contributed by atoms with Crippen molar-refractivity contribution in [2.45, 2.75) is 44.8 Å². The SMILES string of the molecule is O=C(Cc1ccc(OCc2ccccc2)cc1)N1CCN(CC(=O)N2CCN(C3CCCC3)CC2)CC1. The number of nitrogens with zero attached hydrogens (tertiary/aromatic N) is 4. The summed E-state index contributed by atoms with van der Waals surface area (Å²) in [5, 5.41) is 0. The van der Waals surface area contributed by atoms with Crippen LogP contribution in [0.4, 0.5) is 0 Å². The van der Waals surface area contributed by atoms with Crippen molar-refractivity contribution in [2.24, 2.45) is 0 Å². The Morgan fingerprint density at radius 2 is 1.32 bits per heavy atom. The normalized spacial score (nSPS) is 19.8. The van der Waals surface area contributed by atoms with E-state index in [1.54, 1.807) is 0 Å². The summed E-state index contributed by atoms with van der Waals surface area (Å²) in [6.45, 7) is 7.60. The molecule has 2 aromatic rings. The molecule has 0 N–H and O–H groups in total. The molecule has 37 heavy (non-hydrogen) atoms. The van der Waals surface area contributed by atoms with Gasteiger partial charge in [0.05, 0.1) is 13.0 Å². The molecule has 2 aromatic carbocycles. The summed E-state index contributed by atoms with van der Waals surface area (Å²) in [5.74, 6) is 1.19. The lowest BCUT2D eigenvalue weighted by molar-refractivity contribution is -0.136. The molecule has 0 spiro atoms. The van der Waals surface area contributed by atoms with Gasteiger partial charge in [0.25, 0.3) is 0 Å². The zero-order valence-corrected chi connectivity index (χ0v) is 21.9. The first-order chi connectivity index (χ1) is 18.1. The maximum atomic E-state index is 12.9. The molecule has 5 rings (SSSR count). The lowest BCUT2D eigenvalue weighted by Gasteiger charge is -2.39. The van der Waals surface area contributed by atoms with Gasteiger partial charge >= 0.3 is 0 Å². The Balaban J connectivity index is 1.00. The Labute approximate surface area is 221 Å². The van der Waals surface area contributed by atoms with Gasteiger partial charge in [-0.3, -0.25) is 19.4 Å². The topological polar surface area (TPSA) is 56.3 Å². The average Bonchev–Trinajstić information content (AvgIpc) is 3.49. The van der Waals surface area contributed by atoms with Crippen LogP contribution in [0.15, 0.2) is 54.6 Å². The molecule has 2 saturated heterocycles. The Morgan fingerprint density at radius 3 is 2.00 bits per heavy atom. The predicted molar refractivity (Wildman–Crippen MR) is 144 cm³/mol. The molecule has 1 saturated carbocycles. The third-order valence-electron chi connectivity index (χ3n) is 8.12. The molecule has 198 valence electrons. The van der Waals surface area contributed by atoms with E-state index in [9.17, 15) is 9.59 Å². The van der Waals surface area contributed by atoms with Crippen LogP contribution in [0.5, 0.6) is 5.75 Å². The number of carbonyl (C=O) groups is 2. The van der Waals surface area contributed by atoms with Gasteiger partial charge in [-0.1, -0.05) is 55.3 Å². The van der Waals surface area contributed by atoms with Gasteiger partial charge < -0.3 is 14.5 Å². The van der Waals surface area contributed by atoms with Crippen molar-refractivity contribution >= 4 is 11.8 Å². The molecule has 2 heterocycles. The lowest BCUT2D eigenvalue weighted by atomic mass is 10.1. The fourth-order valence-corrected chi connectivity index (χ4v) is 5.78. The average molecular weight is 505 g/mol. The van der Waals surface area contributed by atoms with Gasteiger partial charge in [-0.05, 0) is 36.1 Å². The molecule has 1 aliphatic carbocycles. The highest BCUT2D eigenvalue weighted by Crippen LogP contribution is 2.24. The van der Waals surface area contributed by atoms with Gasteiger partial charge in [-0.15, -0.1) is 0 Å². The minimum Gasteiger partial charge on any atom is -0.489 e. The van der Waals surface area contributed by atoms with Crippen LogP contribution in [0.1, 0.15) is 36.8 Å². The molecule has 2 amide bonds. The van der Waals surface area contributed by atoms with Crippen LogP contribution < -0.4 is 4.74 Å². The molecule has 3 aliphatic rings. The molecular formula is C30H40N4O3. The number of rotatable bonds is 8. The molecule has 7 nitrogen and oxygen atoms in total. The zero-order valence-electron chi connectivity index (χ0n) is 21.9. The van der Waals surface area contributed by atoms with Crippen LogP contribution in [0.25, 0.3) is 0 Å². The van der Waals surface area contributed by atoms with Gasteiger partial charge in [-0.25, -0.2) is 0 Å². The summed E-state index contributed by atoms with van der Waals surface area (Å²) in [4.78, 5) is 34.5. The Kier molecular flexibility index (Phi) is 8.74. The first kappa shape index (κ1) is 25.7. The summed E-state index contributed by atoms with van der Waals surface area (Å²) in [5.41, 5.74) is 2.12. The van der Waals surface area contributed by atoms with Gasteiger partial charge in [0.15, 0.2) is 0 Å². The van der Waals surface area contributed by atoms with Crippen molar-refractivity contribution in [3.8, 4) is 5.75 Å². The monoisotopic (exact) mass is 504 g/mol. The molecule has 0 atom stereocenters. The van der Waals surface area contributed by atoms with Crippen molar-refractivity contribution in [3.05, 3.63) is 65.7 Å². The third-order valence-corrected chi connectivity index (χ3v) is 8.12. The highest BCUT2D eigenvalue weighted by molar-refractivity contribution is 5.79. The van der Waals surface area contributed by atoms with Crippen molar-refractivity contribution in [1.29, 1.82) is 0 Å². The number of amides is 2. The number of hydrogen-bond donors (Lipinski definition) is 0. The van der Waals surface area contributed by atoms with E-state index in [-0.39, 0.29) is 11.8 Å². The Morgan fingerprint density at radius 1 is 0.703 bits per heavy atom. The van der Waals surface area contributed by atoms with E-state index in [2.05, 4.69) is 9.80 Å². The summed E-state index contributed by atoms with van der Waals surface area (Å²) in [6.07, 6.45) is 5.75. The standard InChI is InChI=1S/C30H40N4O3/c35-29(22-25-10-12-28(13-11-25)37-24-26-6-2-1-3-7-26)33-16-14-31(15-17-33)23-30(36)34-20-18-32(19-21-34)27-8-4-5-9-27/h1-3,6-7,10-13,27H,4-5,8-9,14-24H2. The first-order valence-electron chi connectivity index (χ1n) is 13.9. The van der Waals surface area contributed by atoms with Crippen LogP contribution in [-0.2, 0) is 22.6 Å². The summed E-state index contributed by atoms with van der Waals surface area (Å²) in [6, 6.07) is 18.6. The van der Waals surface area contributed by atoms with Crippen LogP contribution in [0.2, 0.25) is 0 Å². The molecular weight excluding hydrogens is 464 g/mol. The third kappa shape index (κ3) is 7.11. The molecule has 0 aromatic heterocycles. The van der Waals surface area contributed by atoms with Crippen LogP contribution in [0, 0.1) is 0 Å². The van der Waals surface area contributed by atoms with Gasteiger partial charge in [0, 0.05) is 58.4 Å². The van der Waals surface area contributed by atoms with E-state index in [0.29, 0.717) is 32.7 Å². The molecule has 2 aliphatic heterocycles. The second kappa shape index (κ2) is 12.6. The zero-order chi connectivity index (χ0) is 25.5. The van der Waals surface area contributed by atoms with E-state index in [1.807, 2.05) is 64.4 Å². The fourth-order valence-electron chi connectivity index (χ4n) is 5.78. The van der Waals surface area contributed by atoms with Crippen molar-refractivity contribution < 1.29 is 14.3 Å². The molecule has 0 unspecified atom stereocenters.